The second kappa shape index (κ2) is 5.73. The fourth-order valence-corrected chi connectivity index (χ4v) is 3.65. The maximum Gasteiger partial charge on any atom is 0.0705 e. The Balaban J connectivity index is 2.11. The van der Waals surface area contributed by atoms with E-state index in [1.54, 1.807) is 0 Å². The average Bonchev–Trinajstić information content (AvgIpc) is 2.97. The summed E-state index contributed by atoms with van der Waals surface area (Å²) < 4.78 is 0. The van der Waals surface area contributed by atoms with Crippen LogP contribution in [0.4, 0.5) is 0 Å². The minimum absolute atomic E-state index is 0.230. The van der Waals surface area contributed by atoms with E-state index in [4.69, 9.17) is 0 Å². The quantitative estimate of drug-likeness (QED) is 0.777. The minimum Gasteiger partial charge on any atom is -0.309 e. The molecule has 0 aliphatic heterocycles. The minimum atomic E-state index is 0.230. The molecule has 2 nitrogen and oxygen atoms in total. The molecule has 0 fully saturated rings. The third-order valence-corrected chi connectivity index (χ3v) is 4.89. The molecule has 2 heterocycles. The Morgan fingerprint density at radius 1 is 1.15 bits per heavy atom. The zero-order valence-corrected chi connectivity index (χ0v) is 12.6. The highest BCUT2D eigenvalue weighted by Gasteiger charge is 2.16. The van der Waals surface area contributed by atoms with Gasteiger partial charge in [-0.2, -0.15) is 0 Å². The number of hydrogen-bond acceptors (Lipinski definition) is 3. The summed E-state index contributed by atoms with van der Waals surface area (Å²) in [6.07, 6.45) is 2.94. The Labute approximate surface area is 123 Å². The van der Waals surface area contributed by atoms with Gasteiger partial charge in [0.25, 0.3) is 0 Å². The van der Waals surface area contributed by atoms with Crippen LogP contribution >= 0.6 is 11.3 Å². The smallest absolute Gasteiger partial charge is 0.0705 e. The number of thiophene rings is 1. The van der Waals surface area contributed by atoms with Gasteiger partial charge in [-0.1, -0.05) is 25.1 Å². The van der Waals surface area contributed by atoms with Crippen LogP contribution in [0.1, 0.15) is 28.3 Å². The Morgan fingerprint density at radius 2 is 2.05 bits per heavy atom. The highest BCUT2D eigenvalue weighted by molar-refractivity contribution is 7.12. The molecule has 1 unspecified atom stereocenters. The summed E-state index contributed by atoms with van der Waals surface area (Å²) in [6.45, 7) is 2.20. The number of aromatic nitrogens is 1. The van der Waals surface area contributed by atoms with Crippen LogP contribution in [0.5, 0.6) is 0 Å². The molecule has 2 aromatic heterocycles. The summed E-state index contributed by atoms with van der Waals surface area (Å²) in [6, 6.07) is 15.2. The molecule has 0 saturated heterocycles. The fourth-order valence-electron chi connectivity index (χ4n) is 2.57. The van der Waals surface area contributed by atoms with E-state index in [-0.39, 0.29) is 6.04 Å². The Morgan fingerprint density at radius 3 is 2.80 bits per heavy atom. The Hall–Kier alpha value is -1.71. The van der Waals surface area contributed by atoms with Crippen molar-refractivity contribution in [2.45, 2.75) is 19.4 Å². The van der Waals surface area contributed by atoms with Crippen molar-refractivity contribution in [3.8, 4) is 0 Å². The van der Waals surface area contributed by atoms with Crippen LogP contribution in [0.25, 0.3) is 10.9 Å². The van der Waals surface area contributed by atoms with Crippen molar-refractivity contribution >= 4 is 22.2 Å². The molecule has 1 aromatic carbocycles. The summed E-state index contributed by atoms with van der Waals surface area (Å²) in [7, 11) is 2.02. The lowest BCUT2D eigenvalue weighted by Crippen LogP contribution is -2.16. The zero-order valence-electron chi connectivity index (χ0n) is 11.8. The van der Waals surface area contributed by atoms with Gasteiger partial charge in [0.2, 0.25) is 0 Å². The normalized spacial score (nSPS) is 12.7. The summed E-state index contributed by atoms with van der Waals surface area (Å²) >= 11 is 1.89. The van der Waals surface area contributed by atoms with Gasteiger partial charge in [-0.25, -0.2) is 0 Å². The molecule has 3 aromatic rings. The number of aryl methyl sites for hydroxylation is 1. The first kappa shape index (κ1) is 13.3. The maximum absolute atomic E-state index is 4.45. The molecule has 1 N–H and O–H groups in total. The molecule has 0 saturated carbocycles. The first-order valence-electron chi connectivity index (χ1n) is 6.93. The van der Waals surface area contributed by atoms with Crippen LogP contribution in [0, 0.1) is 0 Å². The predicted octanol–water partition coefficient (Wildman–Crippen LogP) is 4.17. The second-order valence-corrected chi connectivity index (χ2v) is 6.00. The fraction of sp³-hybridized carbons (Fsp3) is 0.235. The van der Waals surface area contributed by atoms with E-state index >= 15 is 0 Å². The Bertz CT molecular complexity index is 712. The molecule has 1 atom stereocenters. The number of hydrogen-bond donors (Lipinski definition) is 1. The van der Waals surface area contributed by atoms with Crippen LogP contribution < -0.4 is 5.32 Å². The van der Waals surface area contributed by atoms with E-state index in [9.17, 15) is 0 Å². The maximum atomic E-state index is 4.45. The SMILES string of the molecule is CCc1ccc(C(NC)c2cccc3ncccc23)s1. The molecular formula is C17H18N2S. The zero-order chi connectivity index (χ0) is 13.9. The second-order valence-electron chi connectivity index (χ2n) is 4.80. The van der Waals surface area contributed by atoms with Gasteiger partial charge in [0.15, 0.2) is 0 Å². The van der Waals surface area contributed by atoms with E-state index in [1.165, 1.54) is 20.7 Å². The largest absolute Gasteiger partial charge is 0.309 e. The topological polar surface area (TPSA) is 24.9 Å². The van der Waals surface area contributed by atoms with Crippen LogP contribution in [0.3, 0.4) is 0 Å². The van der Waals surface area contributed by atoms with E-state index in [0.29, 0.717) is 0 Å². The number of pyridine rings is 1. The number of nitrogens with one attached hydrogen (secondary N) is 1. The lowest BCUT2D eigenvalue weighted by atomic mass is 10.0. The average molecular weight is 282 g/mol. The van der Waals surface area contributed by atoms with Gasteiger partial charge in [0.1, 0.15) is 0 Å². The van der Waals surface area contributed by atoms with Crippen LogP contribution in [-0.4, -0.2) is 12.0 Å². The van der Waals surface area contributed by atoms with Gasteiger partial charge in [-0.15, -0.1) is 11.3 Å². The van der Waals surface area contributed by atoms with Gasteiger partial charge >= 0.3 is 0 Å². The molecule has 20 heavy (non-hydrogen) atoms. The predicted molar refractivity (Wildman–Crippen MR) is 86.3 cm³/mol. The molecule has 0 radical (unpaired) electrons. The highest BCUT2D eigenvalue weighted by atomic mass is 32.1. The van der Waals surface area contributed by atoms with Crippen molar-refractivity contribution in [1.82, 2.24) is 10.3 Å². The summed E-state index contributed by atoms with van der Waals surface area (Å²) in [5.74, 6) is 0. The molecule has 3 heteroatoms. The summed E-state index contributed by atoms with van der Waals surface area (Å²) in [5, 5.41) is 4.67. The first-order valence-corrected chi connectivity index (χ1v) is 7.74. The van der Waals surface area contributed by atoms with Crippen molar-refractivity contribution in [3.63, 3.8) is 0 Å². The van der Waals surface area contributed by atoms with Crippen LogP contribution in [0.2, 0.25) is 0 Å². The molecule has 0 bridgehead atoms. The Kier molecular flexibility index (Phi) is 3.81. The van der Waals surface area contributed by atoms with Crippen molar-refractivity contribution in [1.29, 1.82) is 0 Å². The van der Waals surface area contributed by atoms with Crippen LogP contribution in [0.15, 0.2) is 48.7 Å². The van der Waals surface area contributed by atoms with Gasteiger partial charge < -0.3 is 5.32 Å². The molecule has 102 valence electrons. The van der Waals surface area contributed by atoms with Crippen molar-refractivity contribution in [2.75, 3.05) is 7.05 Å². The van der Waals surface area contributed by atoms with Crippen molar-refractivity contribution in [2.24, 2.45) is 0 Å². The van der Waals surface area contributed by atoms with Crippen molar-refractivity contribution < 1.29 is 0 Å². The third kappa shape index (κ3) is 2.35. The lowest BCUT2D eigenvalue weighted by molar-refractivity contribution is 0.709. The van der Waals surface area contributed by atoms with E-state index < -0.39 is 0 Å². The molecule has 0 aliphatic rings. The number of nitrogens with zero attached hydrogens (tertiary/aromatic N) is 1. The monoisotopic (exact) mass is 282 g/mol. The third-order valence-electron chi connectivity index (χ3n) is 3.59. The molecule has 3 rings (SSSR count). The van der Waals surface area contributed by atoms with E-state index in [1.807, 2.05) is 30.6 Å². The first-order chi connectivity index (χ1) is 9.83. The van der Waals surface area contributed by atoms with Crippen molar-refractivity contribution in [3.05, 3.63) is 64.0 Å². The standard InChI is InChI=1S/C17H18N2S/c1-3-12-9-10-16(20-12)17(18-2)14-6-4-8-15-13(14)7-5-11-19-15/h4-11,17-18H,3H2,1-2H3. The van der Waals surface area contributed by atoms with E-state index in [0.717, 1.165) is 11.9 Å². The molecule has 0 amide bonds. The van der Waals surface area contributed by atoms with Gasteiger partial charge in [0.05, 0.1) is 11.6 Å². The van der Waals surface area contributed by atoms with E-state index in [2.05, 4.69) is 53.6 Å². The number of fused-ring (bicyclic) bond motifs is 1. The summed E-state index contributed by atoms with van der Waals surface area (Å²) in [5.41, 5.74) is 2.35. The molecule has 0 spiro atoms. The van der Waals surface area contributed by atoms with Gasteiger partial charge in [0, 0.05) is 21.3 Å². The molecular weight excluding hydrogens is 264 g/mol. The lowest BCUT2D eigenvalue weighted by Gasteiger charge is -2.17. The van der Waals surface area contributed by atoms with Gasteiger partial charge in [-0.3, -0.25) is 4.98 Å². The highest BCUT2D eigenvalue weighted by Crippen LogP contribution is 2.32. The summed E-state index contributed by atoms with van der Waals surface area (Å²) in [4.78, 5) is 7.24. The number of rotatable bonds is 4. The number of benzene rings is 1. The van der Waals surface area contributed by atoms with Crippen LogP contribution in [-0.2, 0) is 6.42 Å². The molecule has 0 aliphatic carbocycles. The van der Waals surface area contributed by atoms with Gasteiger partial charge in [-0.05, 0) is 43.3 Å².